The van der Waals surface area contributed by atoms with E-state index in [0.29, 0.717) is 11.5 Å². The Morgan fingerprint density at radius 2 is 2.33 bits per heavy atom. The van der Waals surface area contributed by atoms with Crippen molar-refractivity contribution in [2.45, 2.75) is 13.5 Å². The lowest BCUT2D eigenvalue weighted by Gasteiger charge is -2.06. The summed E-state index contributed by atoms with van der Waals surface area (Å²) in [5.74, 6) is 0.0397. The average molecular weight is 247 g/mol. The quantitative estimate of drug-likeness (QED) is 0.558. The number of rotatable bonds is 3. The Labute approximate surface area is 103 Å². The van der Waals surface area contributed by atoms with Crippen molar-refractivity contribution in [1.29, 1.82) is 0 Å². The van der Waals surface area contributed by atoms with Gasteiger partial charge in [0, 0.05) is 6.07 Å². The molecule has 94 valence electrons. The maximum Gasteiger partial charge on any atom is 0.255 e. The highest BCUT2D eigenvalue weighted by Crippen LogP contribution is 2.24. The van der Waals surface area contributed by atoms with Crippen molar-refractivity contribution in [2.75, 3.05) is 5.73 Å². The van der Waals surface area contributed by atoms with E-state index in [1.165, 1.54) is 12.1 Å². The Morgan fingerprint density at radius 3 is 3.00 bits per heavy atom. The van der Waals surface area contributed by atoms with Crippen molar-refractivity contribution >= 4 is 11.6 Å². The van der Waals surface area contributed by atoms with Crippen molar-refractivity contribution in [2.24, 2.45) is 0 Å². The number of carbonyl (C=O) groups is 1. The fourth-order valence-corrected chi connectivity index (χ4v) is 1.51. The Kier molecular flexibility index (Phi) is 3.18. The highest BCUT2D eigenvalue weighted by molar-refractivity contribution is 5.98. The molecule has 0 unspecified atom stereocenters. The molecule has 1 aromatic carbocycles. The Hall–Kier alpha value is -2.50. The standard InChI is InChI=1S/C12H13N3O3/c1-7-5-8(15-18-7)6-14-12(17)9-3-2-4-10(13)11(9)16/h2-5,16H,6,13H2,1H3,(H,14,17). The number of nitrogens with two attached hydrogens (primary N) is 1. The van der Waals surface area contributed by atoms with E-state index in [4.69, 9.17) is 10.3 Å². The number of para-hydroxylation sites is 1. The summed E-state index contributed by atoms with van der Waals surface area (Å²) in [5, 5.41) is 16.0. The molecule has 0 aliphatic rings. The number of amides is 1. The van der Waals surface area contributed by atoms with Gasteiger partial charge in [-0.2, -0.15) is 0 Å². The summed E-state index contributed by atoms with van der Waals surface area (Å²) in [7, 11) is 0. The maximum absolute atomic E-state index is 11.8. The number of anilines is 1. The lowest BCUT2D eigenvalue weighted by molar-refractivity contribution is 0.0947. The molecule has 1 amide bonds. The molecule has 0 spiro atoms. The average Bonchev–Trinajstić information content (AvgIpc) is 2.76. The van der Waals surface area contributed by atoms with Crippen LogP contribution in [0, 0.1) is 6.92 Å². The maximum atomic E-state index is 11.8. The first kappa shape index (κ1) is 12.0. The molecule has 0 aliphatic carbocycles. The summed E-state index contributed by atoms with van der Waals surface area (Å²) in [5.41, 5.74) is 6.43. The molecule has 0 radical (unpaired) electrons. The first-order valence-electron chi connectivity index (χ1n) is 5.36. The number of nitrogen functional groups attached to an aromatic ring is 1. The molecule has 0 fully saturated rings. The van der Waals surface area contributed by atoms with Crippen LogP contribution >= 0.6 is 0 Å². The fourth-order valence-electron chi connectivity index (χ4n) is 1.51. The first-order chi connectivity index (χ1) is 8.58. The van der Waals surface area contributed by atoms with Gasteiger partial charge in [-0.15, -0.1) is 0 Å². The zero-order valence-electron chi connectivity index (χ0n) is 9.80. The van der Waals surface area contributed by atoms with Crippen LogP contribution in [0.25, 0.3) is 0 Å². The zero-order chi connectivity index (χ0) is 13.1. The third-order valence-electron chi connectivity index (χ3n) is 2.42. The molecule has 0 bridgehead atoms. The van der Waals surface area contributed by atoms with E-state index in [9.17, 15) is 9.90 Å². The summed E-state index contributed by atoms with van der Waals surface area (Å²) >= 11 is 0. The summed E-state index contributed by atoms with van der Waals surface area (Å²) in [6.45, 7) is 1.99. The SMILES string of the molecule is Cc1cc(CNC(=O)c2cccc(N)c2O)no1. The number of carbonyl (C=O) groups excluding carboxylic acids is 1. The van der Waals surface area contributed by atoms with Crippen LogP contribution in [0.15, 0.2) is 28.8 Å². The van der Waals surface area contributed by atoms with Gasteiger partial charge in [-0.1, -0.05) is 11.2 Å². The van der Waals surface area contributed by atoms with Crippen molar-refractivity contribution in [3.63, 3.8) is 0 Å². The molecule has 0 aliphatic heterocycles. The molecule has 1 aromatic heterocycles. The number of aryl methyl sites for hydroxylation is 1. The predicted molar refractivity (Wildman–Crippen MR) is 64.9 cm³/mol. The molecule has 6 nitrogen and oxygen atoms in total. The topological polar surface area (TPSA) is 101 Å². The summed E-state index contributed by atoms with van der Waals surface area (Å²) in [6.07, 6.45) is 0. The van der Waals surface area contributed by atoms with Gasteiger partial charge in [0.25, 0.3) is 5.91 Å². The van der Waals surface area contributed by atoms with Gasteiger partial charge in [0.1, 0.15) is 11.5 Å². The van der Waals surface area contributed by atoms with Gasteiger partial charge in [-0.25, -0.2) is 0 Å². The van der Waals surface area contributed by atoms with Crippen LogP contribution in [0.3, 0.4) is 0 Å². The number of aromatic hydroxyl groups is 1. The molecule has 2 rings (SSSR count). The Bertz CT molecular complexity index is 578. The number of aromatic nitrogens is 1. The van der Waals surface area contributed by atoms with Crippen LogP contribution in [0.2, 0.25) is 0 Å². The van der Waals surface area contributed by atoms with Gasteiger partial charge in [-0.3, -0.25) is 4.79 Å². The fraction of sp³-hybridized carbons (Fsp3) is 0.167. The first-order valence-corrected chi connectivity index (χ1v) is 5.36. The minimum atomic E-state index is -0.416. The third kappa shape index (κ3) is 2.42. The van der Waals surface area contributed by atoms with E-state index in [1.54, 1.807) is 19.1 Å². The normalized spacial score (nSPS) is 10.3. The molecule has 4 N–H and O–H groups in total. The molecule has 1 heterocycles. The van der Waals surface area contributed by atoms with Crippen molar-refractivity contribution in [3.8, 4) is 5.75 Å². The van der Waals surface area contributed by atoms with E-state index in [2.05, 4.69) is 10.5 Å². The van der Waals surface area contributed by atoms with E-state index in [-0.39, 0.29) is 23.5 Å². The monoisotopic (exact) mass is 247 g/mol. The molecule has 0 saturated heterocycles. The zero-order valence-corrected chi connectivity index (χ0v) is 9.80. The van der Waals surface area contributed by atoms with Gasteiger partial charge in [0.05, 0.1) is 17.8 Å². The van der Waals surface area contributed by atoms with E-state index in [0.717, 1.165) is 0 Å². The van der Waals surface area contributed by atoms with Gasteiger partial charge >= 0.3 is 0 Å². The van der Waals surface area contributed by atoms with Gasteiger partial charge in [0.2, 0.25) is 0 Å². The minimum absolute atomic E-state index is 0.134. The highest BCUT2D eigenvalue weighted by Gasteiger charge is 2.13. The predicted octanol–water partition coefficient (Wildman–Crippen LogP) is 1.20. The second-order valence-electron chi connectivity index (χ2n) is 3.85. The molecule has 2 aromatic rings. The van der Waals surface area contributed by atoms with Gasteiger partial charge < -0.3 is 20.7 Å². The number of phenolic OH excluding ortho intramolecular Hbond substituents is 1. The number of hydrogen-bond donors (Lipinski definition) is 3. The van der Waals surface area contributed by atoms with Crippen molar-refractivity contribution < 1.29 is 14.4 Å². The molecule has 0 atom stereocenters. The van der Waals surface area contributed by atoms with Crippen LogP contribution in [0.4, 0.5) is 5.69 Å². The van der Waals surface area contributed by atoms with E-state index >= 15 is 0 Å². The molecular weight excluding hydrogens is 234 g/mol. The van der Waals surface area contributed by atoms with Crippen LogP contribution in [-0.2, 0) is 6.54 Å². The molecule has 18 heavy (non-hydrogen) atoms. The second-order valence-corrected chi connectivity index (χ2v) is 3.85. The van der Waals surface area contributed by atoms with E-state index in [1.807, 2.05) is 0 Å². The van der Waals surface area contributed by atoms with Gasteiger partial charge in [0.15, 0.2) is 5.75 Å². The van der Waals surface area contributed by atoms with Crippen LogP contribution in [0.1, 0.15) is 21.8 Å². The number of phenols is 1. The van der Waals surface area contributed by atoms with Crippen LogP contribution in [0.5, 0.6) is 5.75 Å². The number of hydrogen-bond acceptors (Lipinski definition) is 5. The second kappa shape index (κ2) is 4.79. The third-order valence-corrected chi connectivity index (χ3v) is 2.42. The summed E-state index contributed by atoms with van der Waals surface area (Å²) < 4.78 is 4.87. The Morgan fingerprint density at radius 1 is 1.56 bits per heavy atom. The lowest BCUT2D eigenvalue weighted by Crippen LogP contribution is -2.23. The van der Waals surface area contributed by atoms with E-state index < -0.39 is 5.91 Å². The number of nitrogens with one attached hydrogen (secondary N) is 1. The van der Waals surface area contributed by atoms with Crippen LogP contribution < -0.4 is 11.1 Å². The molecule has 6 heteroatoms. The largest absolute Gasteiger partial charge is 0.505 e. The molecule has 0 saturated carbocycles. The number of nitrogens with zero attached hydrogens (tertiary/aromatic N) is 1. The summed E-state index contributed by atoms with van der Waals surface area (Å²) in [4.78, 5) is 11.8. The summed E-state index contributed by atoms with van der Waals surface area (Å²) in [6, 6.07) is 6.34. The lowest BCUT2D eigenvalue weighted by atomic mass is 10.1. The van der Waals surface area contributed by atoms with Crippen LogP contribution in [-0.4, -0.2) is 16.2 Å². The smallest absolute Gasteiger partial charge is 0.255 e. The highest BCUT2D eigenvalue weighted by atomic mass is 16.5. The van der Waals surface area contributed by atoms with Crippen molar-refractivity contribution in [1.82, 2.24) is 10.5 Å². The van der Waals surface area contributed by atoms with Gasteiger partial charge in [-0.05, 0) is 19.1 Å². The van der Waals surface area contributed by atoms with Crippen molar-refractivity contribution in [3.05, 3.63) is 41.3 Å². The molecular formula is C12H13N3O3. The number of benzene rings is 1. The Balaban J connectivity index is 2.06. The minimum Gasteiger partial charge on any atom is -0.505 e.